The van der Waals surface area contributed by atoms with E-state index in [2.05, 4.69) is 5.32 Å². The fourth-order valence-electron chi connectivity index (χ4n) is 2.02. The van der Waals surface area contributed by atoms with Crippen LogP contribution in [0.4, 0.5) is 5.69 Å². The van der Waals surface area contributed by atoms with Crippen molar-refractivity contribution in [2.24, 2.45) is 5.92 Å². The molecular formula is C14H16N2O3. The van der Waals surface area contributed by atoms with Crippen molar-refractivity contribution in [3.63, 3.8) is 0 Å². The maximum atomic E-state index is 11.8. The van der Waals surface area contributed by atoms with Gasteiger partial charge in [-0.1, -0.05) is 13.8 Å². The van der Waals surface area contributed by atoms with Gasteiger partial charge < -0.3 is 5.32 Å². The number of nitrogens with zero attached hydrogens (tertiary/aromatic N) is 1. The smallest absolute Gasteiger partial charge is 0.261 e. The first kappa shape index (κ1) is 13.3. The Morgan fingerprint density at radius 1 is 1.21 bits per heavy atom. The molecule has 0 radical (unpaired) electrons. The summed E-state index contributed by atoms with van der Waals surface area (Å²) in [5.74, 6) is -0.469. The summed E-state index contributed by atoms with van der Waals surface area (Å²) >= 11 is 0. The lowest BCUT2D eigenvalue weighted by Crippen LogP contribution is -2.24. The first-order valence-corrected chi connectivity index (χ1v) is 6.16. The van der Waals surface area contributed by atoms with Crippen molar-refractivity contribution in [2.75, 3.05) is 12.4 Å². The van der Waals surface area contributed by atoms with Gasteiger partial charge in [0.1, 0.15) is 0 Å². The summed E-state index contributed by atoms with van der Waals surface area (Å²) in [4.78, 5) is 36.3. The summed E-state index contributed by atoms with van der Waals surface area (Å²) < 4.78 is 0. The van der Waals surface area contributed by atoms with Crippen molar-refractivity contribution in [3.05, 3.63) is 29.3 Å². The first-order valence-electron chi connectivity index (χ1n) is 6.16. The molecule has 19 heavy (non-hydrogen) atoms. The van der Waals surface area contributed by atoms with E-state index in [1.807, 2.05) is 13.8 Å². The average molecular weight is 260 g/mol. The number of benzene rings is 1. The molecule has 1 aromatic carbocycles. The molecule has 0 spiro atoms. The van der Waals surface area contributed by atoms with Crippen molar-refractivity contribution in [2.45, 2.75) is 20.3 Å². The van der Waals surface area contributed by atoms with Gasteiger partial charge in [-0.2, -0.15) is 0 Å². The molecule has 1 N–H and O–H groups in total. The van der Waals surface area contributed by atoms with E-state index in [9.17, 15) is 14.4 Å². The maximum Gasteiger partial charge on any atom is 0.261 e. The molecule has 0 atom stereocenters. The van der Waals surface area contributed by atoms with Crippen LogP contribution in [0.1, 0.15) is 41.0 Å². The number of hydrogen-bond donors (Lipinski definition) is 1. The molecule has 1 heterocycles. The van der Waals surface area contributed by atoms with Crippen LogP contribution < -0.4 is 5.32 Å². The third-order valence-electron chi connectivity index (χ3n) is 2.97. The fraction of sp³-hybridized carbons (Fsp3) is 0.357. The van der Waals surface area contributed by atoms with Gasteiger partial charge in [-0.15, -0.1) is 0 Å². The van der Waals surface area contributed by atoms with E-state index < -0.39 is 0 Å². The van der Waals surface area contributed by atoms with Crippen molar-refractivity contribution in [3.8, 4) is 0 Å². The minimum atomic E-state index is -0.333. The second-order valence-corrected chi connectivity index (χ2v) is 5.08. The number of anilines is 1. The molecule has 0 aromatic heterocycles. The van der Waals surface area contributed by atoms with E-state index in [1.165, 1.54) is 7.05 Å². The highest BCUT2D eigenvalue weighted by molar-refractivity contribution is 6.21. The highest BCUT2D eigenvalue weighted by atomic mass is 16.2. The SMILES string of the molecule is CC(C)CC(=O)Nc1ccc2c(c1)C(=O)N(C)C2=O. The van der Waals surface area contributed by atoms with Crippen LogP contribution in [0.2, 0.25) is 0 Å². The number of carbonyl (C=O) groups excluding carboxylic acids is 3. The molecule has 0 aliphatic carbocycles. The Labute approximate surface area is 111 Å². The summed E-state index contributed by atoms with van der Waals surface area (Å²) in [5, 5.41) is 2.73. The van der Waals surface area contributed by atoms with Crippen LogP contribution in [0.15, 0.2) is 18.2 Å². The predicted molar refractivity (Wildman–Crippen MR) is 71.0 cm³/mol. The minimum Gasteiger partial charge on any atom is -0.326 e. The summed E-state index contributed by atoms with van der Waals surface area (Å²) in [6.45, 7) is 3.92. The van der Waals surface area contributed by atoms with Crippen molar-refractivity contribution in [1.29, 1.82) is 0 Å². The average Bonchev–Trinajstić information content (AvgIpc) is 2.53. The van der Waals surface area contributed by atoms with E-state index in [4.69, 9.17) is 0 Å². The minimum absolute atomic E-state index is 0.0972. The van der Waals surface area contributed by atoms with Gasteiger partial charge in [-0.3, -0.25) is 19.3 Å². The molecule has 0 saturated heterocycles. The first-order chi connectivity index (χ1) is 8.90. The Morgan fingerprint density at radius 2 is 1.84 bits per heavy atom. The Morgan fingerprint density at radius 3 is 2.47 bits per heavy atom. The highest BCUT2D eigenvalue weighted by Crippen LogP contribution is 2.24. The molecule has 0 unspecified atom stereocenters. The monoisotopic (exact) mass is 260 g/mol. The lowest BCUT2D eigenvalue weighted by molar-refractivity contribution is -0.116. The van der Waals surface area contributed by atoms with Crippen molar-refractivity contribution >= 4 is 23.4 Å². The highest BCUT2D eigenvalue weighted by Gasteiger charge is 2.32. The van der Waals surface area contributed by atoms with Crippen LogP contribution in [0, 0.1) is 5.92 Å². The summed E-state index contributed by atoms with van der Waals surface area (Å²) in [7, 11) is 1.45. The molecular weight excluding hydrogens is 244 g/mol. The Hall–Kier alpha value is -2.17. The predicted octanol–water partition coefficient (Wildman–Crippen LogP) is 1.90. The molecule has 1 aliphatic rings. The van der Waals surface area contributed by atoms with Crippen LogP contribution >= 0.6 is 0 Å². The van der Waals surface area contributed by atoms with Gasteiger partial charge in [0, 0.05) is 19.2 Å². The lowest BCUT2D eigenvalue weighted by Gasteiger charge is -2.07. The molecule has 5 heteroatoms. The molecule has 0 fully saturated rings. The quantitative estimate of drug-likeness (QED) is 0.844. The van der Waals surface area contributed by atoms with E-state index >= 15 is 0 Å². The van der Waals surface area contributed by atoms with Gasteiger partial charge >= 0.3 is 0 Å². The second-order valence-electron chi connectivity index (χ2n) is 5.08. The zero-order chi connectivity index (χ0) is 14.2. The largest absolute Gasteiger partial charge is 0.326 e. The Kier molecular flexibility index (Phi) is 3.38. The molecule has 2 rings (SSSR count). The third kappa shape index (κ3) is 2.50. The molecule has 100 valence electrons. The fourth-order valence-corrected chi connectivity index (χ4v) is 2.02. The second kappa shape index (κ2) is 4.84. The van der Waals surface area contributed by atoms with Gasteiger partial charge in [0.15, 0.2) is 0 Å². The third-order valence-corrected chi connectivity index (χ3v) is 2.97. The van der Waals surface area contributed by atoms with Gasteiger partial charge in [0.25, 0.3) is 11.8 Å². The van der Waals surface area contributed by atoms with Crippen LogP contribution in [0.3, 0.4) is 0 Å². The standard InChI is InChI=1S/C14H16N2O3/c1-8(2)6-12(17)15-9-4-5-10-11(7-9)14(19)16(3)13(10)18/h4-5,7-8H,6H2,1-3H3,(H,15,17). The van der Waals surface area contributed by atoms with Gasteiger partial charge in [0.2, 0.25) is 5.91 Å². The zero-order valence-electron chi connectivity index (χ0n) is 11.2. The van der Waals surface area contributed by atoms with Crippen LogP contribution in [0.5, 0.6) is 0 Å². The Bertz CT molecular complexity index is 564. The molecule has 1 aliphatic heterocycles. The lowest BCUT2D eigenvalue weighted by atomic mass is 10.1. The number of hydrogen-bond acceptors (Lipinski definition) is 3. The van der Waals surface area contributed by atoms with E-state index in [0.29, 0.717) is 23.2 Å². The zero-order valence-corrected chi connectivity index (χ0v) is 11.2. The number of rotatable bonds is 3. The molecule has 3 amide bonds. The van der Waals surface area contributed by atoms with Gasteiger partial charge in [-0.25, -0.2) is 0 Å². The van der Waals surface area contributed by atoms with E-state index in [0.717, 1.165) is 4.90 Å². The van der Waals surface area contributed by atoms with Gasteiger partial charge in [0.05, 0.1) is 11.1 Å². The van der Waals surface area contributed by atoms with Crippen LogP contribution in [0.25, 0.3) is 0 Å². The summed E-state index contributed by atoms with van der Waals surface area (Å²) in [6, 6.07) is 4.77. The molecule has 0 saturated carbocycles. The maximum absolute atomic E-state index is 11.8. The normalized spacial score (nSPS) is 14.0. The number of amides is 3. The summed E-state index contributed by atoms with van der Waals surface area (Å²) in [6.07, 6.45) is 0.421. The van der Waals surface area contributed by atoms with Crippen molar-refractivity contribution < 1.29 is 14.4 Å². The van der Waals surface area contributed by atoms with Gasteiger partial charge in [-0.05, 0) is 24.1 Å². The number of imide groups is 1. The van der Waals surface area contributed by atoms with Crippen LogP contribution in [-0.2, 0) is 4.79 Å². The number of nitrogens with one attached hydrogen (secondary N) is 1. The van der Waals surface area contributed by atoms with Crippen LogP contribution in [-0.4, -0.2) is 29.7 Å². The van der Waals surface area contributed by atoms with Crippen molar-refractivity contribution in [1.82, 2.24) is 4.90 Å². The van der Waals surface area contributed by atoms with E-state index in [1.54, 1.807) is 18.2 Å². The Balaban J connectivity index is 2.22. The topological polar surface area (TPSA) is 66.5 Å². The summed E-state index contributed by atoms with van der Waals surface area (Å²) in [5.41, 5.74) is 1.27. The number of carbonyl (C=O) groups is 3. The molecule has 5 nitrogen and oxygen atoms in total. The molecule has 1 aromatic rings. The van der Waals surface area contributed by atoms with E-state index in [-0.39, 0.29) is 23.6 Å². The molecule has 0 bridgehead atoms. The number of fused-ring (bicyclic) bond motifs is 1.